The third kappa shape index (κ3) is 3.19. The number of aromatic nitrogens is 1. The normalized spacial score (nSPS) is 14.7. The Bertz CT molecular complexity index is 723. The van der Waals surface area contributed by atoms with Gasteiger partial charge in [-0.05, 0) is 49.9 Å². The highest BCUT2D eigenvalue weighted by Crippen LogP contribution is 2.34. The Balaban J connectivity index is 1.96. The molecule has 0 fully saturated rings. The third-order valence-corrected chi connectivity index (χ3v) is 4.39. The largest absolute Gasteiger partial charge is 0.416 e. The second-order valence-corrected chi connectivity index (χ2v) is 6.04. The lowest BCUT2D eigenvalue weighted by Crippen LogP contribution is -2.30. The summed E-state index contributed by atoms with van der Waals surface area (Å²) in [5, 5.41) is 0. The minimum atomic E-state index is -4.32. The highest BCUT2D eigenvalue weighted by atomic mass is 19.4. The summed E-state index contributed by atoms with van der Waals surface area (Å²) >= 11 is 0. The number of aryl methyl sites for hydroxylation is 3. The van der Waals surface area contributed by atoms with Gasteiger partial charge in [-0.25, -0.2) is 0 Å². The molecule has 0 spiro atoms. The van der Waals surface area contributed by atoms with Gasteiger partial charge in [0.25, 0.3) is 0 Å². The second kappa shape index (κ2) is 5.87. The number of rotatable bonds is 2. The number of benzene rings is 1. The Morgan fingerprint density at radius 2 is 1.91 bits per heavy atom. The maximum atomic E-state index is 13.2. The van der Waals surface area contributed by atoms with E-state index >= 15 is 0 Å². The summed E-state index contributed by atoms with van der Waals surface area (Å²) in [6.07, 6.45) is -2.53. The lowest BCUT2D eigenvalue weighted by molar-refractivity contribution is -0.138. The van der Waals surface area contributed by atoms with Gasteiger partial charge in [-0.3, -0.25) is 4.98 Å². The molecule has 1 aliphatic rings. The van der Waals surface area contributed by atoms with E-state index in [9.17, 15) is 13.2 Å². The van der Waals surface area contributed by atoms with E-state index in [1.165, 1.54) is 6.07 Å². The van der Waals surface area contributed by atoms with Crippen LogP contribution in [0.3, 0.4) is 0 Å². The molecule has 0 saturated carbocycles. The van der Waals surface area contributed by atoms with Crippen LogP contribution in [0.25, 0.3) is 0 Å². The van der Waals surface area contributed by atoms with Gasteiger partial charge >= 0.3 is 6.18 Å². The number of nitrogens with zero attached hydrogens (tertiary/aromatic N) is 2. The molecule has 0 unspecified atom stereocenters. The highest BCUT2D eigenvalue weighted by molar-refractivity contribution is 5.55. The molecule has 122 valence electrons. The van der Waals surface area contributed by atoms with Crippen molar-refractivity contribution in [2.75, 3.05) is 11.4 Å². The highest BCUT2D eigenvalue weighted by Gasteiger charge is 2.33. The van der Waals surface area contributed by atoms with Crippen LogP contribution in [-0.4, -0.2) is 11.5 Å². The van der Waals surface area contributed by atoms with Crippen LogP contribution in [0.15, 0.2) is 30.3 Å². The van der Waals surface area contributed by atoms with Crippen LogP contribution in [0, 0.1) is 13.8 Å². The molecule has 23 heavy (non-hydrogen) atoms. The third-order valence-electron chi connectivity index (χ3n) is 4.39. The number of hydrogen-bond acceptors (Lipinski definition) is 2. The second-order valence-electron chi connectivity index (χ2n) is 6.04. The van der Waals surface area contributed by atoms with Crippen molar-refractivity contribution in [3.05, 3.63) is 58.4 Å². The summed E-state index contributed by atoms with van der Waals surface area (Å²) in [6, 6.07) is 7.86. The first-order valence-corrected chi connectivity index (χ1v) is 7.73. The van der Waals surface area contributed by atoms with Crippen LogP contribution in [-0.2, 0) is 19.1 Å². The zero-order chi connectivity index (χ0) is 16.6. The average Bonchev–Trinajstić information content (AvgIpc) is 2.49. The van der Waals surface area contributed by atoms with E-state index < -0.39 is 11.7 Å². The first-order chi connectivity index (χ1) is 10.9. The number of pyridine rings is 1. The van der Waals surface area contributed by atoms with Crippen LogP contribution >= 0.6 is 0 Å². The van der Waals surface area contributed by atoms with Gasteiger partial charge in [0.05, 0.1) is 16.9 Å². The SMILES string of the molecule is Cc1cc2c(nc1C)CCCN2Cc1ccccc1C(F)(F)F. The summed E-state index contributed by atoms with van der Waals surface area (Å²) in [7, 11) is 0. The number of halogens is 3. The standard InChI is InChI=1S/C18H19F3N2/c1-12-10-17-16(22-13(12)2)8-5-9-23(17)11-14-6-3-4-7-15(14)18(19,20)21/h3-4,6-7,10H,5,8-9,11H2,1-2H3. The predicted octanol–water partition coefficient (Wildman–Crippen LogP) is 4.67. The number of anilines is 1. The Labute approximate surface area is 134 Å². The summed E-state index contributed by atoms with van der Waals surface area (Å²) in [4.78, 5) is 6.63. The van der Waals surface area contributed by atoms with Crippen LogP contribution in [0.2, 0.25) is 0 Å². The van der Waals surface area contributed by atoms with Crippen molar-refractivity contribution in [3.63, 3.8) is 0 Å². The molecule has 2 nitrogen and oxygen atoms in total. The predicted molar refractivity (Wildman–Crippen MR) is 84.5 cm³/mol. The fraction of sp³-hybridized carbons (Fsp3) is 0.389. The molecule has 0 radical (unpaired) electrons. The molecule has 0 atom stereocenters. The van der Waals surface area contributed by atoms with Gasteiger partial charge in [-0.2, -0.15) is 13.2 Å². The van der Waals surface area contributed by atoms with Crippen LogP contribution in [0.1, 0.15) is 34.5 Å². The Kier molecular flexibility index (Phi) is 4.04. The molecule has 1 aromatic carbocycles. The molecule has 1 aromatic heterocycles. The quantitative estimate of drug-likeness (QED) is 0.799. The molecule has 1 aliphatic heterocycles. The van der Waals surface area contributed by atoms with Gasteiger partial charge in [-0.1, -0.05) is 18.2 Å². The molecule has 0 amide bonds. The summed E-state index contributed by atoms with van der Waals surface area (Å²) in [5.41, 5.74) is 3.77. The first-order valence-electron chi connectivity index (χ1n) is 7.73. The smallest absolute Gasteiger partial charge is 0.366 e. The molecule has 0 saturated heterocycles. The topological polar surface area (TPSA) is 16.1 Å². The summed E-state index contributed by atoms with van der Waals surface area (Å²) in [6.45, 7) is 4.96. The molecule has 0 aliphatic carbocycles. The lowest BCUT2D eigenvalue weighted by Gasteiger charge is -2.32. The average molecular weight is 320 g/mol. The van der Waals surface area contributed by atoms with Crippen LogP contribution in [0.4, 0.5) is 18.9 Å². The molecule has 2 heterocycles. The molecular weight excluding hydrogens is 301 g/mol. The van der Waals surface area contributed by atoms with E-state index in [4.69, 9.17) is 0 Å². The van der Waals surface area contributed by atoms with E-state index in [2.05, 4.69) is 4.98 Å². The van der Waals surface area contributed by atoms with Crippen molar-refractivity contribution in [1.29, 1.82) is 0 Å². The lowest BCUT2D eigenvalue weighted by atomic mass is 10.0. The number of hydrogen-bond donors (Lipinski definition) is 0. The van der Waals surface area contributed by atoms with Gasteiger partial charge in [-0.15, -0.1) is 0 Å². The van der Waals surface area contributed by atoms with Gasteiger partial charge < -0.3 is 4.90 Å². The fourth-order valence-electron chi connectivity index (χ4n) is 3.06. The van der Waals surface area contributed by atoms with Gasteiger partial charge in [0.1, 0.15) is 0 Å². The minimum absolute atomic E-state index is 0.257. The zero-order valence-electron chi connectivity index (χ0n) is 13.2. The van der Waals surface area contributed by atoms with Crippen molar-refractivity contribution < 1.29 is 13.2 Å². The molecule has 3 rings (SSSR count). The zero-order valence-corrected chi connectivity index (χ0v) is 13.2. The van der Waals surface area contributed by atoms with E-state index in [1.54, 1.807) is 12.1 Å². The van der Waals surface area contributed by atoms with E-state index in [1.807, 2.05) is 24.8 Å². The molecular formula is C18H19F3N2. The Morgan fingerprint density at radius 3 is 2.65 bits per heavy atom. The monoisotopic (exact) mass is 320 g/mol. The van der Waals surface area contributed by atoms with Crippen molar-refractivity contribution in [3.8, 4) is 0 Å². The van der Waals surface area contributed by atoms with E-state index in [-0.39, 0.29) is 6.54 Å². The van der Waals surface area contributed by atoms with Crippen molar-refractivity contribution in [2.45, 2.75) is 39.4 Å². The maximum absolute atomic E-state index is 13.2. The number of alkyl halides is 3. The first kappa shape index (κ1) is 15.8. The number of fused-ring (bicyclic) bond motifs is 1. The van der Waals surface area contributed by atoms with Crippen LogP contribution in [0.5, 0.6) is 0 Å². The molecule has 0 bridgehead atoms. The van der Waals surface area contributed by atoms with Gasteiger partial charge in [0.2, 0.25) is 0 Å². The van der Waals surface area contributed by atoms with Crippen molar-refractivity contribution in [2.24, 2.45) is 0 Å². The Morgan fingerprint density at radius 1 is 1.17 bits per heavy atom. The van der Waals surface area contributed by atoms with Crippen molar-refractivity contribution in [1.82, 2.24) is 4.98 Å². The molecule has 0 N–H and O–H groups in total. The van der Waals surface area contributed by atoms with E-state index in [0.29, 0.717) is 5.56 Å². The van der Waals surface area contributed by atoms with Gasteiger partial charge in [0, 0.05) is 18.8 Å². The van der Waals surface area contributed by atoms with Crippen molar-refractivity contribution >= 4 is 5.69 Å². The van der Waals surface area contributed by atoms with Gasteiger partial charge in [0.15, 0.2) is 0 Å². The Hall–Kier alpha value is -2.04. The molecule has 2 aromatic rings. The fourth-order valence-corrected chi connectivity index (χ4v) is 3.06. The minimum Gasteiger partial charge on any atom is -0.366 e. The summed E-state index contributed by atoms with van der Waals surface area (Å²) < 4.78 is 39.6. The van der Waals surface area contributed by atoms with E-state index in [0.717, 1.165) is 48.1 Å². The summed E-state index contributed by atoms with van der Waals surface area (Å²) in [5.74, 6) is 0. The van der Waals surface area contributed by atoms with Crippen LogP contribution < -0.4 is 4.90 Å². The maximum Gasteiger partial charge on any atom is 0.416 e. The molecule has 5 heteroatoms.